The van der Waals surface area contributed by atoms with E-state index in [1.165, 1.54) is 0 Å². The van der Waals surface area contributed by atoms with E-state index in [9.17, 15) is 8.42 Å². The molecule has 0 saturated carbocycles. The standard InChI is InChI=1S/C14H24ClN3O2S/c1-4-14(5-2)6-8-18(9-7-14)21(19,20)13-12(10-15)11(3)16-17-13/h4-10H2,1-3H3,(H,16,17). The van der Waals surface area contributed by atoms with Gasteiger partial charge in [0, 0.05) is 24.3 Å². The van der Waals surface area contributed by atoms with Gasteiger partial charge in [0.2, 0.25) is 0 Å². The Morgan fingerprint density at radius 1 is 1.29 bits per heavy atom. The van der Waals surface area contributed by atoms with Gasteiger partial charge < -0.3 is 0 Å². The van der Waals surface area contributed by atoms with Gasteiger partial charge in [0.05, 0.1) is 5.88 Å². The second-order valence-electron chi connectivity index (χ2n) is 5.88. The number of aryl methyl sites for hydroxylation is 1. The van der Waals surface area contributed by atoms with E-state index in [1.54, 1.807) is 11.2 Å². The van der Waals surface area contributed by atoms with Crippen molar-refractivity contribution < 1.29 is 8.42 Å². The van der Waals surface area contributed by atoms with E-state index in [0.29, 0.717) is 24.1 Å². The number of nitrogens with one attached hydrogen (secondary N) is 1. The van der Waals surface area contributed by atoms with E-state index in [4.69, 9.17) is 11.6 Å². The Kier molecular flexibility index (Phi) is 5.00. The number of alkyl halides is 1. The highest BCUT2D eigenvalue weighted by Crippen LogP contribution is 2.39. The molecule has 0 amide bonds. The van der Waals surface area contributed by atoms with Gasteiger partial charge >= 0.3 is 0 Å². The lowest BCUT2D eigenvalue weighted by Crippen LogP contribution is -2.43. The molecule has 7 heteroatoms. The van der Waals surface area contributed by atoms with Gasteiger partial charge in [-0.15, -0.1) is 11.6 Å². The summed E-state index contributed by atoms with van der Waals surface area (Å²) in [6.45, 7) is 7.31. The van der Waals surface area contributed by atoms with Crippen molar-refractivity contribution in [3.63, 3.8) is 0 Å². The van der Waals surface area contributed by atoms with Gasteiger partial charge in [-0.05, 0) is 25.2 Å². The number of piperidine rings is 1. The third-order valence-corrected chi connectivity index (χ3v) is 7.18. The van der Waals surface area contributed by atoms with Crippen LogP contribution in [0.3, 0.4) is 0 Å². The highest BCUT2D eigenvalue weighted by atomic mass is 35.5. The first-order valence-electron chi connectivity index (χ1n) is 7.50. The molecule has 1 N–H and O–H groups in total. The van der Waals surface area contributed by atoms with Crippen molar-refractivity contribution >= 4 is 21.6 Å². The first kappa shape index (κ1) is 16.8. The molecule has 1 saturated heterocycles. The topological polar surface area (TPSA) is 66.1 Å². The number of rotatable bonds is 5. The zero-order valence-corrected chi connectivity index (χ0v) is 14.5. The van der Waals surface area contributed by atoms with Crippen LogP contribution in [0.1, 0.15) is 50.8 Å². The molecule has 1 aliphatic rings. The second kappa shape index (κ2) is 6.26. The molecule has 2 heterocycles. The Hall–Kier alpha value is -0.590. The van der Waals surface area contributed by atoms with E-state index in [0.717, 1.165) is 31.4 Å². The molecule has 1 fully saturated rings. The third-order valence-electron chi connectivity index (χ3n) is 5.04. The number of aromatic nitrogens is 2. The number of hydrogen-bond donors (Lipinski definition) is 1. The van der Waals surface area contributed by atoms with Gasteiger partial charge in [-0.3, -0.25) is 5.10 Å². The molecular formula is C14H24ClN3O2S. The quantitative estimate of drug-likeness (QED) is 0.842. The molecule has 0 radical (unpaired) electrons. The molecule has 21 heavy (non-hydrogen) atoms. The Morgan fingerprint density at radius 2 is 1.86 bits per heavy atom. The van der Waals surface area contributed by atoms with E-state index in [1.807, 2.05) is 0 Å². The van der Waals surface area contributed by atoms with Crippen LogP contribution < -0.4 is 0 Å². The van der Waals surface area contributed by atoms with Crippen LogP contribution in [0.4, 0.5) is 0 Å². The first-order chi connectivity index (χ1) is 9.90. The summed E-state index contributed by atoms with van der Waals surface area (Å²) in [4.78, 5) is 0. The van der Waals surface area contributed by atoms with Crippen LogP contribution in [0.15, 0.2) is 5.03 Å². The highest BCUT2D eigenvalue weighted by molar-refractivity contribution is 7.89. The molecule has 1 aromatic heterocycles. The van der Waals surface area contributed by atoms with Gasteiger partial charge in [0.15, 0.2) is 5.03 Å². The maximum absolute atomic E-state index is 12.8. The highest BCUT2D eigenvalue weighted by Gasteiger charge is 2.38. The normalized spacial score (nSPS) is 19.8. The van der Waals surface area contributed by atoms with Crippen molar-refractivity contribution in [1.29, 1.82) is 0 Å². The van der Waals surface area contributed by atoms with Crippen molar-refractivity contribution in [2.75, 3.05) is 13.1 Å². The fourth-order valence-corrected chi connectivity index (χ4v) is 5.09. The van der Waals surface area contributed by atoms with E-state index >= 15 is 0 Å². The summed E-state index contributed by atoms with van der Waals surface area (Å²) in [5.41, 5.74) is 1.60. The monoisotopic (exact) mass is 333 g/mol. The van der Waals surface area contributed by atoms with Crippen molar-refractivity contribution in [2.24, 2.45) is 5.41 Å². The van der Waals surface area contributed by atoms with Crippen LogP contribution >= 0.6 is 11.6 Å². The van der Waals surface area contributed by atoms with Gasteiger partial charge in [-0.25, -0.2) is 8.42 Å². The minimum absolute atomic E-state index is 0.0931. The number of H-pyrrole nitrogens is 1. The van der Waals surface area contributed by atoms with Crippen LogP contribution in [0.25, 0.3) is 0 Å². The van der Waals surface area contributed by atoms with Crippen molar-refractivity contribution in [1.82, 2.24) is 14.5 Å². The number of aromatic amines is 1. The summed E-state index contributed by atoms with van der Waals surface area (Å²) in [5.74, 6) is 0.151. The number of hydrogen-bond acceptors (Lipinski definition) is 3. The molecule has 0 aliphatic carbocycles. The number of sulfonamides is 1. The number of nitrogens with zero attached hydrogens (tertiary/aromatic N) is 2. The van der Waals surface area contributed by atoms with Crippen molar-refractivity contribution in [3.8, 4) is 0 Å². The maximum Gasteiger partial charge on any atom is 0.262 e. The molecule has 0 unspecified atom stereocenters. The maximum atomic E-state index is 12.8. The number of halogens is 1. The average Bonchev–Trinajstić information content (AvgIpc) is 2.88. The minimum atomic E-state index is -3.54. The third kappa shape index (κ3) is 2.98. The summed E-state index contributed by atoms with van der Waals surface area (Å²) in [5, 5.41) is 6.80. The lowest BCUT2D eigenvalue weighted by molar-refractivity contribution is 0.141. The zero-order chi connectivity index (χ0) is 15.7. The molecule has 0 spiro atoms. The summed E-state index contributed by atoms with van der Waals surface area (Å²) < 4.78 is 27.1. The SMILES string of the molecule is CCC1(CC)CCN(S(=O)(=O)c2n[nH]c(C)c2CCl)CC1. The Labute approximate surface area is 132 Å². The van der Waals surface area contributed by atoms with Crippen LogP contribution in [0.5, 0.6) is 0 Å². The summed E-state index contributed by atoms with van der Waals surface area (Å²) >= 11 is 5.87. The molecule has 2 rings (SSSR count). The smallest absolute Gasteiger partial charge is 0.262 e. The minimum Gasteiger partial charge on any atom is -0.281 e. The van der Waals surface area contributed by atoms with Crippen LogP contribution in [0.2, 0.25) is 0 Å². The van der Waals surface area contributed by atoms with Gasteiger partial charge in [0.25, 0.3) is 10.0 Å². The second-order valence-corrected chi connectivity index (χ2v) is 8.00. The lowest BCUT2D eigenvalue weighted by Gasteiger charge is -2.40. The van der Waals surface area contributed by atoms with Crippen molar-refractivity contribution in [3.05, 3.63) is 11.3 Å². The van der Waals surface area contributed by atoms with E-state index < -0.39 is 10.0 Å². The van der Waals surface area contributed by atoms with Crippen LogP contribution in [-0.2, 0) is 15.9 Å². The molecule has 0 bridgehead atoms. The fourth-order valence-electron chi connectivity index (χ4n) is 3.08. The lowest BCUT2D eigenvalue weighted by atomic mass is 9.75. The molecule has 5 nitrogen and oxygen atoms in total. The van der Waals surface area contributed by atoms with Gasteiger partial charge in [-0.2, -0.15) is 9.40 Å². The van der Waals surface area contributed by atoms with Gasteiger partial charge in [-0.1, -0.05) is 26.7 Å². The largest absolute Gasteiger partial charge is 0.281 e. The predicted molar refractivity (Wildman–Crippen MR) is 83.9 cm³/mol. The first-order valence-corrected chi connectivity index (χ1v) is 9.47. The van der Waals surface area contributed by atoms with Crippen molar-refractivity contribution in [2.45, 2.75) is 57.4 Å². The molecule has 1 aliphatic heterocycles. The summed E-state index contributed by atoms with van der Waals surface area (Å²) in [6.07, 6.45) is 4.04. The molecule has 1 aromatic rings. The Morgan fingerprint density at radius 3 is 2.33 bits per heavy atom. The molecule has 0 atom stereocenters. The molecular weight excluding hydrogens is 310 g/mol. The summed E-state index contributed by atoms with van der Waals surface area (Å²) in [6, 6.07) is 0. The summed E-state index contributed by atoms with van der Waals surface area (Å²) in [7, 11) is -3.54. The Balaban J connectivity index is 2.22. The molecule has 120 valence electrons. The van der Waals surface area contributed by atoms with Gasteiger partial charge in [0.1, 0.15) is 0 Å². The molecule has 0 aromatic carbocycles. The van der Waals surface area contributed by atoms with Crippen LogP contribution in [0, 0.1) is 12.3 Å². The van der Waals surface area contributed by atoms with E-state index in [2.05, 4.69) is 24.0 Å². The zero-order valence-electron chi connectivity index (χ0n) is 12.9. The Bertz CT molecular complexity index is 583. The fraction of sp³-hybridized carbons (Fsp3) is 0.786. The van der Waals surface area contributed by atoms with Crippen LogP contribution in [-0.4, -0.2) is 36.0 Å². The predicted octanol–water partition coefficient (Wildman–Crippen LogP) is 3.05. The average molecular weight is 334 g/mol. The van der Waals surface area contributed by atoms with E-state index in [-0.39, 0.29) is 10.9 Å².